The summed E-state index contributed by atoms with van der Waals surface area (Å²) in [6.07, 6.45) is -0.220. The fourth-order valence-electron chi connectivity index (χ4n) is 1.20. The Morgan fingerprint density at radius 1 is 1.11 bits per heavy atom. The largest absolute Gasteiger partial charge is 0.480 e. The van der Waals surface area contributed by atoms with Crippen LogP contribution in [0.4, 0.5) is 4.79 Å². The van der Waals surface area contributed by atoms with Gasteiger partial charge < -0.3 is 31.9 Å². The van der Waals surface area contributed by atoms with E-state index in [1.54, 1.807) is 0 Å². The summed E-state index contributed by atoms with van der Waals surface area (Å²) in [5.41, 5.74) is 9.77. The number of aliphatic hydroxyl groups is 1. The minimum absolute atomic E-state index is 0.220. The van der Waals surface area contributed by atoms with Crippen molar-refractivity contribution in [1.82, 2.24) is 10.2 Å². The van der Waals surface area contributed by atoms with E-state index in [2.05, 4.69) is 0 Å². The Hall–Kier alpha value is -2.36. The van der Waals surface area contributed by atoms with Gasteiger partial charge in [0.15, 0.2) is 0 Å². The van der Waals surface area contributed by atoms with Gasteiger partial charge in [-0.3, -0.25) is 9.59 Å². The van der Waals surface area contributed by atoms with Gasteiger partial charge in [-0.2, -0.15) is 0 Å². The highest BCUT2D eigenvalue weighted by molar-refractivity contribution is 5.89. The molecule has 0 aliphatic carbocycles. The van der Waals surface area contributed by atoms with E-state index in [4.69, 9.17) is 21.7 Å². The molecule has 0 aromatic rings. The van der Waals surface area contributed by atoms with Gasteiger partial charge in [-0.1, -0.05) is 0 Å². The van der Waals surface area contributed by atoms with Crippen LogP contribution in [-0.2, 0) is 14.4 Å². The molecule has 108 valence electrons. The number of hydrogen-bond acceptors (Lipinski definition) is 5. The molecule has 4 amide bonds. The van der Waals surface area contributed by atoms with E-state index in [0.29, 0.717) is 4.90 Å². The first-order chi connectivity index (χ1) is 8.77. The summed E-state index contributed by atoms with van der Waals surface area (Å²) in [5, 5.41) is 19.5. The standard InChI is InChI=1S/C9H16N4O6/c10-6(15)3-13(4-7(11)16)9(19)12-5(1-2-14)8(17)18/h5,14H,1-4H2,(H2,10,15)(H2,11,16)(H,12,19)(H,17,18)/t5-/m1/s1. The quantitative estimate of drug-likeness (QED) is 0.312. The number of nitrogens with one attached hydrogen (secondary N) is 1. The second-order valence-corrected chi connectivity index (χ2v) is 3.64. The topological polar surface area (TPSA) is 176 Å². The number of nitrogens with zero attached hydrogens (tertiary/aromatic N) is 1. The van der Waals surface area contributed by atoms with Gasteiger partial charge >= 0.3 is 12.0 Å². The van der Waals surface area contributed by atoms with Crippen molar-refractivity contribution >= 4 is 23.8 Å². The Morgan fingerprint density at radius 2 is 1.58 bits per heavy atom. The molecule has 0 aromatic heterocycles. The first-order valence-electron chi connectivity index (χ1n) is 5.23. The molecule has 0 heterocycles. The molecule has 0 unspecified atom stereocenters. The average Bonchev–Trinajstić information content (AvgIpc) is 2.25. The predicted molar refractivity (Wildman–Crippen MR) is 61.6 cm³/mol. The predicted octanol–water partition coefficient (Wildman–Crippen LogP) is -3.20. The minimum atomic E-state index is -1.36. The van der Waals surface area contributed by atoms with Crippen molar-refractivity contribution in [2.24, 2.45) is 11.5 Å². The van der Waals surface area contributed by atoms with Crippen LogP contribution in [0, 0.1) is 0 Å². The molecule has 0 aliphatic heterocycles. The molecule has 0 aliphatic rings. The first kappa shape index (κ1) is 16.6. The van der Waals surface area contributed by atoms with Crippen LogP contribution in [0.5, 0.6) is 0 Å². The van der Waals surface area contributed by atoms with Gasteiger partial charge in [-0.15, -0.1) is 0 Å². The van der Waals surface area contributed by atoms with Gasteiger partial charge in [0.2, 0.25) is 11.8 Å². The first-order valence-corrected chi connectivity index (χ1v) is 5.23. The lowest BCUT2D eigenvalue weighted by Gasteiger charge is -2.22. The Kier molecular flexibility index (Phi) is 6.89. The molecule has 0 aromatic carbocycles. The summed E-state index contributed by atoms with van der Waals surface area (Å²) in [7, 11) is 0. The van der Waals surface area contributed by atoms with Crippen LogP contribution < -0.4 is 16.8 Å². The van der Waals surface area contributed by atoms with E-state index in [1.165, 1.54) is 0 Å². The molecule has 7 N–H and O–H groups in total. The van der Waals surface area contributed by atoms with Crippen LogP contribution in [0.1, 0.15) is 6.42 Å². The maximum atomic E-state index is 11.7. The number of nitrogens with two attached hydrogens (primary N) is 2. The van der Waals surface area contributed by atoms with E-state index in [9.17, 15) is 19.2 Å². The van der Waals surface area contributed by atoms with Crippen LogP contribution in [0.3, 0.4) is 0 Å². The number of carbonyl (C=O) groups is 4. The molecule has 0 saturated carbocycles. The highest BCUT2D eigenvalue weighted by atomic mass is 16.4. The summed E-state index contributed by atoms with van der Waals surface area (Å²) < 4.78 is 0. The third-order valence-electron chi connectivity index (χ3n) is 1.99. The van der Waals surface area contributed by atoms with Crippen molar-refractivity contribution in [3.8, 4) is 0 Å². The van der Waals surface area contributed by atoms with Crippen LogP contribution in [0.2, 0.25) is 0 Å². The van der Waals surface area contributed by atoms with E-state index >= 15 is 0 Å². The van der Waals surface area contributed by atoms with Crippen molar-refractivity contribution in [2.75, 3.05) is 19.7 Å². The molecule has 0 rings (SSSR count). The lowest BCUT2D eigenvalue weighted by Crippen LogP contribution is -2.52. The summed E-state index contributed by atoms with van der Waals surface area (Å²) >= 11 is 0. The van der Waals surface area contributed by atoms with Gasteiger partial charge in [-0.25, -0.2) is 9.59 Å². The molecule has 0 fully saturated rings. The smallest absolute Gasteiger partial charge is 0.326 e. The maximum Gasteiger partial charge on any atom is 0.326 e. The fourth-order valence-corrected chi connectivity index (χ4v) is 1.20. The van der Waals surface area contributed by atoms with Gasteiger partial charge in [0.25, 0.3) is 0 Å². The molecule has 0 spiro atoms. The second-order valence-electron chi connectivity index (χ2n) is 3.64. The molecule has 0 radical (unpaired) electrons. The third-order valence-corrected chi connectivity index (χ3v) is 1.99. The zero-order valence-electron chi connectivity index (χ0n) is 10.0. The zero-order chi connectivity index (χ0) is 15.0. The number of aliphatic carboxylic acids is 1. The summed E-state index contributed by atoms with van der Waals surface area (Å²) in [4.78, 5) is 44.6. The SMILES string of the molecule is NC(=O)CN(CC(N)=O)C(=O)N[C@H](CCO)C(=O)O. The molecule has 10 heteroatoms. The van der Waals surface area contributed by atoms with E-state index in [-0.39, 0.29) is 6.42 Å². The summed E-state index contributed by atoms with van der Waals surface area (Å²) in [5.74, 6) is -3.13. The Bertz CT molecular complexity index is 356. The Morgan fingerprint density at radius 3 is 1.89 bits per heavy atom. The number of hydrogen-bond donors (Lipinski definition) is 5. The van der Waals surface area contributed by atoms with Crippen molar-refractivity contribution in [3.05, 3.63) is 0 Å². The van der Waals surface area contributed by atoms with Crippen molar-refractivity contribution in [2.45, 2.75) is 12.5 Å². The molecule has 0 bridgehead atoms. The second kappa shape index (κ2) is 7.87. The van der Waals surface area contributed by atoms with Crippen LogP contribution in [-0.4, -0.2) is 64.7 Å². The number of amides is 4. The number of rotatable bonds is 8. The number of carbonyl (C=O) groups excluding carboxylic acids is 3. The van der Waals surface area contributed by atoms with Gasteiger partial charge in [0, 0.05) is 13.0 Å². The van der Waals surface area contributed by atoms with Crippen molar-refractivity contribution in [3.63, 3.8) is 0 Å². The molecular formula is C9H16N4O6. The van der Waals surface area contributed by atoms with Gasteiger partial charge in [0.05, 0.1) is 0 Å². The molecule has 1 atom stereocenters. The van der Waals surface area contributed by atoms with Gasteiger partial charge in [0.1, 0.15) is 19.1 Å². The lowest BCUT2D eigenvalue weighted by molar-refractivity contribution is -0.139. The normalized spacial score (nSPS) is 11.4. The Balaban J connectivity index is 4.72. The van der Waals surface area contributed by atoms with Crippen LogP contribution in [0.25, 0.3) is 0 Å². The number of primary amides is 2. The number of urea groups is 1. The summed E-state index contributed by atoms with van der Waals surface area (Å²) in [6, 6.07) is -2.33. The maximum absolute atomic E-state index is 11.7. The average molecular weight is 276 g/mol. The Labute approximate surface area is 108 Å². The van der Waals surface area contributed by atoms with Crippen LogP contribution >= 0.6 is 0 Å². The fraction of sp³-hybridized carbons (Fsp3) is 0.556. The summed E-state index contributed by atoms with van der Waals surface area (Å²) in [6.45, 7) is -1.62. The van der Waals surface area contributed by atoms with E-state index in [0.717, 1.165) is 0 Å². The molecule has 0 saturated heterocycles. The highest BCUT2D eigenvalue weighted by Crippen LogP contribution is 1.96. The van der Waals surface area contributed by atoms with Crippen molar-refractivity contribution < 1.29 is 29.4 Å². The highest BCUT2D eigenvalue weighted by Gasteiger charge is 2.24. The van der Waals surface area contributed by atoms with Gasteiger partial charge in [-0.05, 0) is 0 Å². The third kappa shape index (κ3) is 6.83. The zero-order valence-corrected chi connectivity index (χ0v) is 10.0. The van der Waals surface area contributed by atoms with E-state index in [1.807, 2.05) is 5.32 Å². The van der Waals surface area contributed by atoms with E-state index < -0.39 is 49.6 Å². The monoisotopic (exact) mass is 276 g/mol. The lowest BCUT2D eigenvalue weighted by atomic mass is 10.2. The molecule has 10 nitrogen and oxygen atoms in total. The number of carboxylic acids is 1. The van der Waals surface area contributed by atoms with Crippen molar-refractivity contribution in [1.29, 1.82) is 0 Å². The number of aliphatic hydroxyl groups excluding tert-OH is 1. The van der Waals surface area contributed by atoms with Crippen LogP contribution in [0.15, 0.2) is 0 Å². The number of carboxylic acid groups (broad SMARTS) is 1. The molecular weight excluding hydrogens is 260 g/mol. The minimum Gasteiger partial charge on any atom is -0.480 e. The molecule has 19 heavy (non-hydrogen) atoms.